The van der Waals surface area contributed by atoms with Crippen molar-refractivity contribution in [3.05, 3.63) is 29.8 Å². The van der Waals surface area contributed by atoms with Gasteiger partial charge in [-0.3, -0.25) is 4.90 Å². The van der Waals surface area contributed by atoms with Gasteiger partial charge in [-0.15, -0.1) is 11.6 Å². The third-order valence-electron chi connectivity index (χ3n) is 4.31. The highest BCUT2D eigenvalue weighted by molar-refractivity contribution is 6.17. The molecule has 0 N–H and O–H groups in total. The fourth-order valence-electron chi connectivity index (χ4n) is 3.31. The number of halogens is 1. The van der Waals surface area contributed by atoms with Gasteiger partial charge in [0.05, 0.1) is 0 Å². The smallest absolute Gasteiger partial charge is 0.0494 e. The Hall–Kier alpha value is -0.730. The molecule has 2 fully saturated rings. The minimum atomic E-state index is 0.612. The van der Waals surface area contributed by atoms with Crippen molar-refractivity contribution in [2.75, 3.05) is 31.1 Å². The van der Waals surface area contributed by atoms with Gasteiger partial charge in [0.2, 0.25) is 0 Å². The summed E-state index contributed by atoms with van der Waals surface area (Å²) < 4.78 is 0. The molecular formula is C15H21ClN2. The molecule has 1 aromatic carbocycles. The van der Waals surface area contributed by atoms with Crippen LogP contribution in [0.15, 0.2) is 24.3 Å². The van der Waals surface area contributed by atoms with Gasteiger partial charge in [-0.2, -0.15) is 0 Å². The van der Waals surface area contributed by atoms with Gasteiger partial charge >= 0.3 is 0 Å². The van der Waals surface area contributed by atoms with Gasteiger partial charge in [0, 0.05) is 37.2 Å². The fraction of sp³-hybridized carbons (Fsp3) is 0.600. The number of hydrogen-bond donors (Lipinski definition) is 0. The van der Waals surface area contributed by atoms with E-state index in [1.54, 1.807) is 0 Å². The number of para-hydroxylation sites is 1. The Morgan fingerprint density at radius 1 is 1.11 bits per heavy atom. The summed E-state index contributed by atoms with van der Waals surface area (Å²) in [6, 6.07) is 9.33. The second-order valence-electron chi connectivity index (χ2n) is 5.39. The second-order valence-corrected chi connectivity index (χ2v) is 5.66. The average Bonchev–Trinajstić information content (AvgIpc) is 2.46. The van der Waals surface area contributed by atoms with Crippen LogP contribution in [0, 0.1) is 0 Å². The maximum Gasteiger partial charge on any atom is 0.0494 e. The van der Waals surface area contributed by atoms with E-state index in [1.165, 1.54) is 50.1 Å². The zero-order valence-corrected chi connectivity index (χ0v) is 11.6. The largest absolute Gasteiger partial charge is 0.368 e. The molecule has 1 unspecified atom stereocenters. The normalized spacial score (nSPS) is 24.9. The minimum Gasteiger partial charge on any atom is -0.368 e. The molecule has 0 amide bonds. The van der Waals surface area contributed by atoms with Crippen LogP contribution in [0.25, 0.3) is 0 Å². The molecular weight excluding hydrogens is 244 g/mol. The zero-order valence-electron chi connectivity index (χ0n) is 10.8. The molecule has 2 nitrogen and oxygen atoms in total. The topological polar surface area (TPSA) is 6.48 Å². The van der Waals surface area contributed by atoms with E-state index in [1.807, 2.05) is 0 Å². The third-order valence-corrected chi connectivity index (χ3v) is 4.60. The van der Waals surface area contributed by atoms with Crippen LogP contribution < -0.4 is 4.90 Å². The Morgan fingerprint density at radius 2 is 2.00 bits per heavy atom. The Labute approximate surface area is 115 Å². The van der Waals surface area contributed by atoms with E-state index in [2.05, 4.69) is 34.1 Å². The van der Waals surface area contributed by atoms with E-state index in [0.717, 1.165) is 12.6 Å². The summed E-state index contributed by atoms with van der Waals surface area (Å²) >= 11 is 6.05. The van der Waals surface area contributed by atoms with Gasteiger partial charge in [0.25, 0.3) is 0 Å². The van der Waals surface area contributed by atoms with Gasteiger partial charge in [0.1, 0.15) is 0 Å². The highest BCUT2D eigenvalue weighted by Gasteiger charge is 2.29. The molecule has 1 aromatic rings. The van der Waals surface area contributed by atoms with Crippen LogP contribution >= 0.6 is 11.6 Å². The van der Waals surface area contributed by atoms with Gasteiger partial charge in [0.15, 0.2) is 0 Å². The molecule has 1 atom stereocenters. The fourth-order valence-corrected chi connectivity index (χ4v) is 3.53. The average molecular weight is 265 g/mol. The highest BCUT2D eigenvalue weighted by atomic mass is 35.5. The first-order valence-corrected chi connectivity index (χ1v) is 7.55. The number of rotatable bonds is 2. The predicted octanol–water partition coefficient (Wildman–Crippen LogP) is 3.10. The molecule has 3 rings (SSSR count). The Kier molecular flexibility index (Phi) is 3.76. The number of piperidine rings is 1. The van der Waals surface area contributed by atoms with Crippen molar-refractivity contribution in [2.24, 2.45) is 0 Å². The van der Waals surface area contributed by atoms with E-state index in [4.69, 9.17) is 11.6 Å². The third kappa shape index (κ3) is 2.36. The SMILES string of the molecule is ClCc1ccccc1N1CCN2CCCCC2C1. The molecule has 3 heteroatoms. The van der Waals surface area contributed by atoms with Crippen LogP contribution in [0.4, 0.5) is 5.69 Å². The lowest BCUT2D eigenvalue weighted by Gasteiger charge is -2.45. The van der Waals surface area contributed by atoms with Gasteiger partial charge in [-0.25, -0.2) is 0 Å². The van der Waals surface area contributed by atoms with Crippen LogP contribution in [0.3, 0.4) is 0 Å². The van der Waals surface area contributed by atoms with Crippen molar-refractivity contribution in [1.82, 2.24) is 4.90 Å². The molecule has 0 radical (unpaired) electrons. The predicted molar refractivity (Wildman–Crippen MR) is 77.4 cm³/mol. The number of benzene rings is 1. The first-order chi connectivity index (χ1) is 8.88. The molecule has 2 saturated heterocycles. The van der Waals surface area contributed by atoms with Crippen molar-refractivity contribution in [3.8, 4) is 0 Å². The molecule has 0 bridgehead atoms. The lowest BCUT2D eigenvalue weighted by Crippen LogP contribution is -2.55. The summed E-state index contributed by atoms with van der Waals surface area (Å²) in [5.41, 5.74) is 2.61. The van der Waals surface area contributed by atoms with Crippen LogP contribution in [-0.4, -0.2) is 37.1 Å². The number of piperazine rings is 1. The molecule has 2 aliphatic rings. The molecule has 0 aliphatic carbocycles. The number of hydrogen-bond acceptors (Lipinski definition) is 2. The molecule has 0 saturated carbocycles. The molecule has 18 heavy (non-hydrogen) atoms. The van der Waals surface area contributed by atoms with Crippen LogP contribution in [0.5, 0.6) is 0 Å². The summed E-state index contributed by atoms with van der Waals surface area (Å²) in [6.45, 7) is 4.83. The van der Waals surface area contributed by atoms with E-state index < -0.39 is 0 Å². The Bertz CT molecular complexity index is 407. The van der Waals surface area contributed by atoms with Crippen molar-refractivity contribution in [1.29, 1.82) is 0 Å². The molecule has 98 valence electrons. The maximum atomic E-state index is 6.05. The number of anilines is 1. The van der Waals surface area contributed by atoms with E-state index >= 15 is 0 Å². The van der Waals surface area contributed by atoms with Crippen LogP contribution in [-0.2, 0) is 5.88 Å². The van der Waals surface area contributed by atoms with Gasteiger partial charge in [-0.1, -0.05) is 24.6 Å². The first kappa shape index (κ1) is 12.3. The molecule has 2 heterocycles. The van der Waals surface area contributed by atoms with Gasteiger partial charge in [-0.05, 0) is 31.0 Å². The van der Waals surface area contributed by atoms with Crippen molar-refractivity contribution >= 4 is 17.3 Å². The van der Waals surface area contributed by atoms with Crippen molar-refractivity contribution in [3.63, 3.8) is 0 Å². The standard InChI is InChI=1S/C15H21ClN2/c16-11-13-5-1-2-7-15(13)18-10-9-17-8-4-3-6-14(17)12-18/h1-2,5,7,14H,3-4,6,8-12H2. The lowest BCUT2D eigenvalue weighted by molar-refractivity contribution is 0.133. The monoisotopic (exact) mass is 264 g/mol. The van der Waals surface area contributed by atoms with Crippen LogP contribution in [0.2, 0.25) is 0 Å². The van der Waals surface area contributed by atoms with Gasteiger partial charge < -0.3 is 4.90 Å². The van der Waals surface area contributed by atoms with E-state index in [9.17, 15) is 0 Å². The Morgan fingerprint density at radius 3 is 2.89 bits per heavy atom. The quantitative estimate of drug-likeness (QED) is 0.758. The van der Waals surface area contributed by atoms with E-state index in [-0.39, 0.29) is 0 Å². The number of fused-ring (bicyclic) bond motifs is 1. The second kappa shape index (κ2) is 5.50. The molecule has 2 aliphatic heterocycles. The number of nitrogens with zero attached hydrogens (tertiary/aromatic N) is 2. The maximum absolute atomic E-state index is 6.05. The summed E-state index contributed by atoms with van der Waals surface area (Å²) in [5, 5.41) is 0. The van der Waals surface area contributed by atoms with Crippen LogP contribution in [0.1, 0.15) is 24.8 Å². The summed E-state index contributed by atoms with van der Waals surface area (Å²) in [4.78, 5) is 5.20. The minimum absolute atomic E-state index is 0.612. The highest BCUT2D eigenvalue weighted by Crippen LogP contribution is 2.27. The number of alkyl halides is 1. The summed E-state index contributed by atoms with van der Waals surface area (Å²) in [7, 11) is 0. The molecule has 0 spiro atoms. The first-order valence-electron chi connectivity index (χ1n) is 7.01. The van der Waals surface area contributed by atoms with Crippen molar-refractivity contribution in [2.45, 2.75) is 31.2 Å². The lowest BCUT2D eigenvalue weighted by atomic mass is 9.99. The summed E-state index contributed by atoms with van der Waals surface area (Å²) in [6.07, 6.45) is 4.14. The molecule has 0 aromatic heterocycles. The summed E-state index contributed by atoms with van der Waals surface area (Å²) in [5.74, 6) is 0.612. The van der Waals surface area contributed by atoms with E-state index in [0.29, 0.717) is 5.88 Å². The Balaban J connectivity index is 1.77. The zero-order chi connectivity index (χ0) is 12.4. The van der Waals surface area contributed by atoms with Crippen molar-refractivity contribution < 1.29 is 0 Å².